The number of rotatable bonds is 3. The van der Waals surface area contributed by atoms with E-state index in [1.54, 1.807) is 0 Å². The predicted octanol–water partition coefficient (Wildman–Crippen LogP) is 2.72. The number of nitrogens with one attached hydrogen (secondary N) is 1. The Labute approximate surface area is 118 Å². The second kappa shape index (κ2) is 5.44. The number of hydrogen-bond acceptors (Lipinski definition) is 6. The average molecular weight is 318 g/mol. The number of carbonyl (C=O) groups excluding carboxylic acids is 1. The largest absolute Gasteiger partial charge is 0.445 e. The van der Waals surface area contributed by atoms with Crippen LogP contribution in [0.3, 0.4) is 0 Å². The molecule has 0 saturated carbocycles. The van der Waals surface area contributed by atoms with Crippen molar-refractivity contribution in [2.24, 2.45) is 0 Å². The van der Waals surface area contributed by atoms with E-state index in [1.165, 1.54) is 18.2 Å². The number of amides is 1. The lowest BCUT2D eigenvalue weighted by Gasteiger charge is -2.01. The maximum Gasteiger partial charge on any atom is 0.445 e. The van der Waals surface area contributed by atoms with Gasteiger partial charge in [0.15, 0.2) is 0 Å². The first-order valence-electron chi connectivity index (χ1n) is 5.24. The van der Waals surface area contributed by atoms with E-state index in [-0.39, 0.29) is 27.7 Å². The molecule has 0 aliphatic carbocycles. The molecule has 0 bridgehead atoms. The van der Waals surface area contributed by atoms with E-state index in [1.807, 2.05) is 0 Å². The zero-order valence-corrected chi connectivity index (χ0v) is 10.7. The van der Waals surface area contributed by atoms with Crippen LogP contribution in [0.2, 0.25) is 0 Å². The minimum absolute atomic E-state index is 0.0760. The number of nitro benzene ring substituents is 1. The Morgan fingerprint density at radius 1 is 1.33 bits per heavy atom. The molecule has 2 rings (SSSR count). The van der Waals surface area contributed by atoms with E-state index >= 15 is 0 Å². The van der Waals surface area contributed by atoms with Crippen molar-refractivity contribution in [2.75, 3.05) is 5.32 Å². The molecule has 1 N–H and O–H groups in total. The van der Waals surface area contributed by atoms with Gasteiger partial charge in [-0.05, 0) is 6.07 Å². The Hall–Kier alpha value is -2.56. The molecule has 1 aromatic heterocycles. The van der Waals surface area contributed by atoms with Crippen LogP contribution in [0, 0.1) is 10.1 Å². The highest BCUT2D eigenvalue weighted by molar-refractivity contribution is 7.15. The van der Waals surface area contributed by atoms with Crippen molar-refractivity contribution in [3.8, 4) is 0 Å². The van der Waals surface area contributed by atoms with Crippen LogP contribution in [0.5, 0.6) is 0 Å². The number of non-ortho nitro benzene ring substituents is 1. The number of nitrogens with zero attached hydrogens (tertiary/aromatic N) is 3. The van der Waals surface area contributed by atoms with Crippen molar-refractivity contribution >= 4 is 28.1 Å². The summed E-state index contributed by atoms with van der Waals surface area (Å²) in [5, 5.41) is 17.2. The monoisotopic (exact) mass is 318 g/mol. The molecule has 0 radical (unpaired) electrons. The maximum absolute atomic E-state index is 12.3. The number of nitro groups is 1. The summed E-state index contributed by atoms with van der Waals surface area (Å²) in [7, 11) is 0. The van der Waals surface area contributed by atoms with Crippen LogP contribution in [0.25, 0.3) is 0 Å². The fourth-order valence-electron chi connectivity index (χ4n) is 1.32. The van der Waals surface area contributed by atoms with Gasteiger partial charge in [0.25, 0.3) is 11.6 Å². The average Bonchev–Trinajstić information content (AvgIpc) is 2.87. The summed E-state index contributed by atoms with van der Waals surface area (Å²) in [6, 6.07) is 4.76. The number of aromatic nitrogens is 2. The summed E-state index contributed by atoms with van der Waals surface area (Å²) in [5.74, 6) is -0.816. The molecule has 0 atom stereocenters. The SMILES string of the molecule is O=C(Nc1nnc(C(F)(F)F)s1)c1cccc([N+](=O)[O-])c1. The van der Waals surface area contributed by atoms with Gasteiger partial charge in [-0.15, -0.1) is 10.2 Å². The highest BCUT2D eigenvalue weighted by atomic mass is 32.1. The van der Waals surface area contributed by atoms with Crippen LogP contribution >= 0.6 is 11.3 Å². The smallest absolute Gasteiger partial charge is 0.296 e. The molecule has 0 aliphatic heterocycles. The summed E-state index contributed by atoms with van der Waals surface area (Å²) in [4.78, 5) is 21.7. The highest BCUT2D eigenvalue weighted by Gasteiger charge is 2.35. The molecular weight excluding hydrogens is 313 g/mol. The second-order valence-corrected chi connectivity index (χ2v) is 4.65. The molecular formula is C10H5F3N4O3S. The Morgan fingerprint density at radius 3 is 2.62 bits per heavy atom. The maximum atomic E-state index is 12.3. The first-order valence-corrected chi connectivity index (χ1v) is 6.05. The summed E-state index contributed by atoms with van der Waals surface area (Å²) in [6.45, 7) is 0. The molecule has 0 spiro atoms. The van der Waals surface area contributed by atoms with Gasteiger partial charge in [-0.2, -0.15) is 13.2 Å². The van der Waals surface area contributed by atoms with Gasteiger partial charge in [-0.3, -0.25) is 20.2 Å². The fourth-order valence-corrected chi connectivity index (χ4v) is 1.92. The predicted molar refractivity (Wildman–Crippen MR) is 66.0 cm³/mol. The number of carbonyl (C=O) groups is 1. The lowest BCUT2D eigenvalue weighted by Crippen LogP contribution is -2.11. The van der Waals surface area contributed by atoms with E-state index < -0.39 is 22.0 Å². The summed E-state index contributed by atoms with van der Waals surface area (Å²) in [5.41, 5.74) is -0.385. The van der Waals surface area contributed by atoms with Gasteiger partial charge in [0, 0.05) is 17.7 Å². The minimum Gasteiger partial charge on any atom is -0.296 e. The van der Waals surface area contributed by atoms with Crippen LogP contribution in [0.1, 0.15) is 15.4 Å². The molecule has 0 fully saturated rings. The van der Waals surface area contributed by atoms with Crippen molar-refractivity contribution in [1.29, 1.82) is 0 Å². The first-order chi connectivity index (χ1) is 9.77. The normalized spacial score (nSPS) is 11.2. The molecule has 110 valence electrons. The van der Waals surface area contributed by atoms with Crippen molar-refractivity contribution in [3.05, 3.63) is 45.0 Å². The van der Waals surface area contributed by atoms with Gasteiger partial charge in [0.05, 0.1) is 4.92 Å². The molecule has 11 heteroatoms. The van der Waals surface area contributed by atoms with Crippen molar-refractivity contribution in [2.45, 2.75) is 6.18 Å². The van der Waals surface area contributed by atoms with Gasteiger partial charge < -0.3 is 0 Å². The third-order valence-electron chi connectivity index (χ3n) is 2.21. The van der Waals surface area contributed by atoms with Gasteiger partial charge in [-0.25, -0.2) is 0 Å². The Balaban J connectivity index is 2.16. The molecule has 1 heterocycles. The van der Waals surface area contributed by atoms with Gasteiger partial charge in [-0.1, -0.05) is 17.4 Å². The van der Waals surface area contributed by atoms with Gasteiger partial charge in [0.1, 0.15) is 0 Å². The zero-order chi connectivity index (χ0) is 15.6. The molecule has 21 heavy (non-hydrogen) atoms. The molecule has 0 aliphatic rings. The molecule has 0 unspecified atom stereocenters. The third kappa shape index (κ3) is 3.51. The number of benzene rings is 1. The van der Waals surface area contributed by atoms with E-state index in [0.29, 0.717) is 0 Å². The Kier molecular flexibility index (Phi) is 3.84. The highest BCUT2D eigenvalue weighted by Crippen LogP contribution is 2.33. The number of hydrogen-bond donors (Lipinski definition) is 1. The lowest BCUT2D eigenvalue weighted by molar-refractivity contribution is -0.384. The molecule has 7 nitrogen and oxygen atoms in total. The van der Waals surface area contributed by atoms with Crippen molar-refractivity contribution < 1.29 is 22.9 Å². The van der Waals surface area contributed by atoms with Crippen LogP contribution < -0.4 is 5.32 Å². The molecule has 2 aromatic rings. The molecule has 0 saturated heterocycles. The Morgan fingerprint density at radius 2 is 2.05 bits per heavy atom. The van der Waals surface area contributed by atoms with E-state index in [9.17, 15) is 28.1 Å². The number of anilines is 1. The molecule has 1 aromatic carbocycles. The summed E-state index contributed by atoms with van der Waals surface area (Å²) >= 11 is 0.160. The Bertz CT molecular complexity index is 701. The standard InChI is InChI=1S/C10H5F3N4O3S/c11-10(12,13)8-15-16-9(21-8)14-7(18)5-2-1-3-6(4-5)17(19)20/h1-4H,(H,14,16,18). The van der Waals surface area contributed by atoms with Crippen molar-refractivity contribution in [3.63, 3.8) is 0 Å². The van der Waals surface area contributed by atoms with Crippen molar-refractivity contribution in [1.82, 2.24) is 10.2 Å². The van der Waals surface area contributed by atoms with Crippen LogP contribution in [0.15, 0.2) is 24.3 Å². The number of alkyl halides is 3. The first kappa shape index (κ1) is 14.8. The topological polar surface area (TPSA) is 98.0 Å². The van der Waals surface area contributed by atoms with Gasteiger partial charge in [0.2, 0.25) is 10.1 Å². The molecule has 1 amide bonds. The quantitative estimate of drug-likeness (QED) is 0.693. The van der Waals surface area contributed by atoms with E-state index in [0.717, 1.165) is 6.07 Å². The van der Waals surface area contributed by atoms with Crippen LogP contribution in [0.4, 0.5) is 24.0 Å². The summed E-state index contributed by atoms with van der Waals surface area (Å²) < 4.78 is 37.0. The fraction of sp³-hybridized carbons (Fsp3) is 0.100. The zero-order valence-electron chi connectivity index (χ0n) is 9.92. The third-order valence-corrected chi connectivity index (χ3v) is 3.09. The van der Waals surface area contributed by atoms with Gasteiger partial charge >= 0.3 is 6.18 Å². The second-order valence-electron chi connectivity index (χ2n) is 3.67. The summed E-state index contributed by atoms with van der Waals surface area (Å²) in [6.07, 6.45) is -4.65. The lowest BCUT2D eigenvalue weighted by atomic mass is 10.2. The van der Waals surface area contributed by atoms with Crippen LogP contribution in [-0.2, 0) is 6.18 Å². The minimum atomic E-state index is -4.65. The van der Waals surface area contributed by atoms with Crippen LogP contribution in [-0.4, -0.2) is 21.0 Å². The number of halogens is 3. The van der Waals surface area contributed by atoms with E-state index in [4.69, 9.17) is 0 Å². The van der Waals surface area contributed by atoms with E-state index in [2.05, 4.69) is 15.5 Å².